The first-order valence-corrected chi connectivity index (χ1v) is 9.74. The average molecular weight is 374 g/mol. The summed E-state index contributed by atoms with van der Waals surface area (Å²) < 4.78 is 5.38. The second-order valence-corrected chi connectivity index (χ2v) is 7.36. The fourth-order valence-corrected chi connectivity index (χ4v) is 4.12. The summed E-state index contributed by atoms with van der Waals surface area (Å²) in [6.45, 7) is 5.28. The van der Waals surface area contributed by atoms with Crippen LogP contribution < -0.4 is 14.5 Å². The van der Waals surface area contributed by atoms with Crippen molar-refractivity contribution in [1.29, 1.82) is 0 Å². The Morgan fingerprint density at radius 1 is 1.07 bits per heavy atom. The van der Waals surface area contributed by atoms with Gasteiger partial charge in [0.1, 0.15) is 29.7 Å². The number of nitrogens with zero attached hydrogens (tertiary/aromatic N) is 3. The molecule has 6 heteroatoms. The number of piperazine rings is 1. The SMILES string of the molecule is COc1ccc2[nH]c3c(N4CC[NH+](Cc5ccccc5)CC4)ncnc3c2c1. The fraction of sp³-hybridized carbons (Fsp3) is 0.273. The highest BCUT2D eigenvalue weighted by atomic mass is 16.5. The van der Waals surface area contributed by atoms with Crippen LogP contribution in [0.15, 0.2) is 54.9 Å². The topological polar surface area (TPSA) is 58.5 Å². The highest BCUT2D eigenvalue weighted by Crippen LogP contribution is 2.31. The first-order valence-electron chi connectivity index (χ1n) is 9.74. The van der Waals surface area contributed by atoms with Crippen molar-refractivity contribution >= 4 is 27.8 Å². The highest BCUT2D eigenvalue weighted by Gasteiger charge is 2.23. The molecule has 6 nitrogen and oxygen atoms in total. The number of aromatic amines is 1. The Morgan fingerprint density at radius 2 is 1.89 bits per heavy atom. The van der Waals surface area contributed by atoms with E-state index >= 15 is 0 Å². The minimum atomic E-state index is 0.840. The first-order chi connectivity index (χ1) is 13.8. The molecule has 0 bridgehead atoms. The molecule has 5 rings (SSSR count). The van der Waals surface area contributed by atoms with E-state index in [-0.39, 0.29) is 0 Å². The van der Waals surface area contributed by atoms with Gasteiger partial charge in [0.25, 0.3) is 0 Å². The summed E-state index contributed by atoms with van der Waals surface area (Å²) >= 11 is 0. The Bertz CT molecular complexity index is 1100. The van der Waals surface area contributed by atoms with Gasteiger partial charge < -0.3 is 19.5 Å². The summed E-state index contributed by atoms with van der Waals surface area (Å²) in [5.74, 6) is 1.84. The zero-order valence-corrected chi connectivity index (χ0v) is 16.0. The monoisotopic (exact) mass is 374 g/mol. The van der Waals surface area contributed by atoms with E-state index in [1.54, 1.807) is 18.3 Å². The molecule has 1 aliphatic rings. The van der Waals surface area contributed by atoms with Gasteiger partial charge in [0, 0.05) is 16.5 Å². The van der Waals surface area contributed by atoms with Crippen LogP contribution in [0.3, 0.4) is 0 Å². The number of nitrogens with one attached hydrogen (secondary N) is 2. The smallest absolute Gasteiger partial charge is 0.156 e. The van der Waals surface area contributed by atoms with E-state index in [9.17, 15) is 0 Å². The van der Waals surface area contributed by atoms with E-state index in [1.807, 2.05) is 18.2 Å². The Balaban J connectivity index is 1.39. The van der Waals surface area contributed by atoms with Crippen LogP contribution in [-0.4, -0.2) is 48.2 Å². The Hall–Kier alpha value is -3.12. The molecule has 2 aromatic carbocycles. The Labute approximate surface area is 163 Å². The second-order valence-electron chi connectivity index (χ2n) is 7.36. The molecule has 1 aliphatic heterocycles. The second kappa shape index (κ2) is 7.13. The van der Waals surface area contributed by atoms with Crippen LogP contribution in [0.5, 0.6) is 5.75 Å². The maximum Gasteiger partial charge on any atom is 0.156 e. The van der Waals surface area contributed by atoms with Crippen molar-refractivity contribution in [2.45, 2.75) is 6.54 Å². The maximum absolute atomic E-state index is 5.38. The molecule has 2 N–H and O–H groups in total. The lowest BCUT2D eigenvalue weighted by atomic mass is 10.2. The van der Waals surface area contributed by atoms with Crippen molar-refractivity contribution in [3.63, 3.8) is 0 Å². The predicted octanol–water partition coefficient (Wildman–Crippen LogP) is 2.02. The summed E-state index contributed by atoms with van der Waals surface area (Å²) in [5.41, 5.74) is 4.43. The molecular weight excluding hydrogens is 350 g/mol. The molecule has 0 spiro atoms. The van der Waals surface area contributed by atoms with Gasteiger partial charge in [-0.2, -0.15) is 0 Å². The minimum Gasteiger partial charge on any atom is -0.497 e. The Morgan fingerprint density at radius 3 is 2.68 bits per heavy atom. The number of hydrogen-bond donors (Lipinski definition) is 2. The summed E-state index contributed by atoms with van der Waals surface area (Å²) in [6, 6.07) is 16.8. The maximum atomic E-state index is 5.38. The molecule has 142 valence electrons. The lowest BCUT2D eigenvalue weighted by Gasteiger charge is -2.33. The molecule has 3 heterocycles. The average Bonchev–Trinajstić information content (AvgIpc) is 3.13. The van der Waals surface area contributed by atoms with Gasteiger partial charge in [-0.3, -0.25) is 0 Å². The fourth-order valence-electron chi connectivity index (χ4n) is 4.12. The van der Waals surface area contributed by atoms with E-state index in [0.29, 0.717) is 0 Å². The largest absolute Gasteiger partial charge is 0.497 e. The number of aromatic nitrogens is 3. The number of methoxy groups -OCH3 is 1. The van der Waals surface area contributed by atoms with Gasteiger partial charge in [0.05, 0.1) is 33.3 Å². The third-order valence-corrected chi connectivity index (χ3v) is 5.64. The van der Waals surface area contributed by atoms with Gasteiger partial charge in [0.2, 0.25) is 0 Å². The molecule has 1 saturated heterocycles. The van der Waals surface area contributed by atoms with Gasteiger partial charge >= 0.3 is 0 Å². The highest BCUT2D eigenvalue weighted by molar-refractivity contribution is 6.08. The van der Waals surface area contributed by atoms with E-state index in [0.717, 1.165) is 66.2 Å². The lowest BCUT2D eigenvalue weighted by molar-refractivity contribution is -0.914. The van der Waals surface area contributed by atoms with Crippen LogP contribution in [-0.2, 0) is 6.54 Å². The zero-order valence-electron chi connectivity index (χ0n) is 16.0. The van der Waals surface area contributed by atoms with Crippen LogP contribution >= 0.6 is 0 Å². The lowest BCUT2D eigenvalue weighted by Crippen LogP contribution is -3.13. The van der Waals surface area contributed by atoms with E-state index < -0.39 is 0 Å². The van der Waals surface area contributed by atoms with Crippen LogP contribution in [0.2, 0.25) is 0 Å². The van der Waals surface area contributed by atoms with Crippen LogP contribution in [0.1, 0.15) is 5.56 Å². The van der Waals surface area contributed by atoms with Gasteiger partial charge in [-0.1, -0.05) is 30.3 Å². The molecule has 0 amide bonds. The Kier molecular flexibility index (Phi) is 4.33. The number of rotatable bonds is 4. The predicted molar refractivity (Wildman–Crippen MR) is 111 cm³/mol. The molecule has 0 aliphatic carbocycles. The molecule has 4 aromatic rings. The molecule has 0 radical (unpaired) electrons. The van der Waals surface area contributed by atoms with Crippen molar-refractivity contribution in [2.75, 3.05) is 38.2 Å². The van der Waals surface area contributed by atoms with Gasteiger partial charge in [0.15, 0.2) is 5.82 Å². The zero-order chi connectivity index (χ0) is 18.9. The van der Waals surface area contributed by atoms with Crippen LogP contribution in [0.4, 0.5) is 5.82 Å². The van der Waals surface area contributed by atoms with E-state index in [4.69, 9.17) is 4.74 Å². The van der Waals surface area contributed by atoms with Crippen LogP contribution in [0.25, 0.3) is 21.9 Å². The number of fused-ring (bicyclic) bond motifs is 3. The summed E-state index contributed by atoms with van der Waals surface area (Å²) in [6.07, 6.45) is 1.67. The van der Waals surface area contributed by atoms with Crippen molar-refractivity contribution in [1.82, 2.24) is 15.0 Å². The van der Waals surface area contributed by atoms with E-state index in [1.165, 1.54) is 5.56 Å². The molecule has 0 saturated carbocycles. The van der Waals surface area contributed by atoms with Crippen molar-refractivity contribution in [2.24, 2.45) is 0 Å². The third kappa shape index (κ3) is 3.05. The standard InChI is InChI=1S/C22H23N5O/c1-28-17-7-8-19-18(13-17)20-21(25-19)22(24-15-23-20)27-11-9-26(10-12-27)14-16-5-3-2-4-6-16/h2-8,13,15,25H,9-12,14H2,1H3/p+1. The van der Waals surface area contributed by atoms with E-state index in [2.05, 4.69) is 50.2 Å². The molecule has 2 aromatic heterocycles. The number of anilines is 1. The number of hydrogen-bond acceptors (Lipinski definition) is 4. The third-order valence-electron chi connectivity index (χ3n) is 5.64. The van der Waals surface area contributed by atoms with Crippen molar-refractivity contribution < 1.29 is 9.64 Å². The molecule has 1 fully saturated rings. The van der Waals surface area contributed by atoms with Crippen molar-refractivity contribution in [3.8, 4) is 5.75 Å². The van der Waals surface area contributed by atoms with Gasteiger partial charge in [-0.15, -0.1) is 0 Å². The van der Waals surface area contributed by atoms with Gasteiger partial charge in [-0.05, 0) is 18.2 Å². The molecular formula is C22H24N5O+. The number of quaternary nitrogens is 1. The minimum absolute atomic E-state index is 0.840. The normalized spacial score (nSPS) is 15.4. The molecule has 0 unspecified atom stereocenters. The number of ether oxygens (including phenoxy) is 1. The van der Waals surface area contributed by atoms with Crippen LogP contribution in [0, 0.1) is 0 Å². The van der Waals surface area contributed by atoms with Crippen molar-refractivity contribution in [3.05, 3.63) is 60.4 Å². The quantitative estimate of drug-likeness (QED) is 0.574. The first kappa shape index (κ1) is 17.0. The van der Waals surface area contributed by atoms with Gasteiger partial charge in [-0.25, -0.2) is 9.97 Å². The summed E-state index contributed by atoms with van der Waals surface area (Å²) in [7, 11) is 1.69. The number of benzene rings is 2. The summed E-state index contributed by atoms with van der Waals surface area (Å²) in [5, 5.41) is 1.08. The molecule has 0 atom stereocenters. The number of H-pyrrole nitrogens is 1. The summed E-state index contributed by atoms with van der Waals surface area (Å²) in [4.78, 5) is 16.7. The molecule has 28 heavy (non-hydrogen) atoms.